The number of carboxylic acid groups (broad SMARTS) is 2. The highest BCUT2D eigenvalue weighted by atomic mass is 32.2. The maximum absolute atomic E-state index is 12.3. The molecule has 0 aliphatic rings. The molecule has 29 heavy (non-hydrogen) atoms. The molecule has 0 unspecified atom stereocenters. The normalized spacial score (nSPS) is 12.6. The van der Waals surface area contributed by atoms with Gasteiger partial charge in [0.25, 0.3) is 0 Å². The summed E-state index contributed by atoms with van der Waals surface area (Å²) < 4.78 is 0. The number of benzene rings is 1. The van der Waals surface area contributed by atoms with Crippen LogP contribution in [0, 0.1) is 0 Å². The maximum atomic E-state index is 12.3. The Morgan fingerprint density at radius 3 is 2.28 bits per heavy atom. The van der Waals surface area contributed by atoms with Gasteiger partial charge in [-0.15, -0.1) is 11.8 Å². The molecule has 9 nitrogen and oxygen atoms in total. The van der Waals surface area contributed by atoms with Crippen LogP contribution in [0.2, 0.25) is 0 Å². The van der Waals surface area contributed by atoms with Crippen molar-refractivity contribution in [2.24, 2.45) is 5.73 Å². The number of nitrogens with one attached hydrogen (secondary N) is 2. The summed E-state index contributed by atoms with van der Waals surface area (Å²) in [5.41, 5.74) is 5.35. The molecule has 0 aliphatic carbocycles. The van der Waals surface area contributed by atoms with Gasteiger partial charge in [0.1, 0.15) is 12.1 Å². The molecule has 10 heteroatoms. The first-order valence-electron chi connectivity index (χ1n) is 9.25. The van der Waals surface area contributed by atoms with Crippen LogP contribution in [-0.4, -0.2) is 58.3 Å². The van der Waals surface area contributed by atoms with E-state index in [0.717, 1.165) is 4.90 Å². The molecule has 0 aliphatic heterocycles. The Morgan fingerprint density at radius 2 is 1.69 bits per heavy atom. The zero-order valence-corrected chi connectivity index (χ0v) is 16.8. The quantitative estimate of drug-likeness (QED) is 0.216. The van der Waals surface area contributed by atoms with Crippen LogP contribution >= 0.6 is 11.8 Å². The summed E-state index contributed by atoms with van der Waals surface area (Å²) in [5.74, 6) is -3.14. The third-order valence-corrected chi connectivity index (χ3v) is 5.00. The molecule has 1 aromatic rings. The van der Waals surface area contributed by atoms with Crippen LogP contribution in [0.15, 0.2) is 35.2 Å². The molecule has 0 saturated heterocycles. The zero-order chi connectivity index (χ0) is 21.6. The second-order valence-electron chi connectivity index (χ2n) is 6.31. The van der Waals surface area contributed by atoms with Crippen LogP contribution in [0.3, 0.4) is 0 Å². The van der Waals surface area contributed by atoms with Crippen LogP contribution < -0.4 is 16.4 Å². The standard InChI is InChI=1S/C19H27N3O6S/c20-10-4-8-14(19(27)28)22-18(26)15(12-17(24)25)21-16(23)9-5-11-29-13-6-2-1-3-7-13/h1-3,6-7,14-15H,4-5,8-12,20H2,(H,21,23)(H,22,26)(H,24,25)(H,27,28)/t14-,15-/m1/s1. The van der Waals surface area contributed by atoms with Crippen molar-refractivity contribution in [2.75, 3.05) is 12.3 Å². The number of hydrogen-bond acceptors (Lipinski definition) is 6. The second-order valence-corrected chi connectivity index (χ2v) is 7.48. The van der Waals surface area contributed by atoms with Gasteiger partial charge >= 0.3 is 11.9 Å². The van der Waals surface area contributed by atoms with E-state index in [0.29, 0.717) is 18.6 Å². The average Bonchev–Trinajstić information content (AvgIpc) is 2.68. The third kappa shape index (κ3) is 10.5. The fourth-order valence-electron chi connectivity index (χ4n) is 2.44. The number of carbonyl (C=O) groups excluding carboxylic acids is 2. The lowest BCUT2D eigenvalue weighted by Crippen LogP contribution is -2.52. The highest BCUT2D eigenvalue weighted by Gasteiger charge is 2.27. The van der Waals surface area contributed by atoms with E-state index in [2.05, 4.69) is 10.6 Å². The molecule has 160 valence electrons. The number of thioether (sulfide) groups is 1. The number of aliphatic carboxylic acids is 2. The molecule has 1 aromatic carbocycles. The van der Waals surface area contributed by atoms with E-state index >= 15 is 0 Å². The Morgan fingerprint density at radius 1 is 1.00 bits per heavy atom. The summed E-state index contributed by atoms with van der Waals surface area (Å²) >= 11 is 1.59. The van der Waals surface area contributed by atoms with Gasteiger partial charge in [-0.05, 0) is 43.7 Å². The highest BCUT2D eigenvalue weighted by molar-refractivity contribution is 7.99. The van der Waals surface area contributed by atoms with E-state index in [4.69, 9.17) is 10.8 Å². The van der Waals surface area contributed by atoms with Crippen molar-refractivity contribution in [1.29, 1.82) is 0 Å². The predicted octanol–water partition coefficient (Wildman–Crippen LogP) is 0.827. The van der Waals surface area contributed by atoms with Crippen molar-refractivity contribution in [3.05, 3.63) is 30.3 Å². The number of rotatable bonds is 14. The van der Waals surface area contributed by atoms with Gasteiger partial charge in [-0.25, -0.2) is 4.79 Å². The van der Waals surface area contributed by atoms with E-state index < -0.39 is 42.3 Å². The van der Waals surface area contributed by atoms with E-state index in [1.54, 1.807) is 11.8 Å². The zero-order valence-electron chi connectivity index (χ0n) is 16.0. The number of carbonyl (C=O) groups is 4. The lowest BCUT2D eigenvalue weighted by atomic mass is 10.1. The van der Waals surface area contributed by atoms with Gasteiger partial charge in [0.15, 0.2) is 0 Å². The Hall–Kier alpha value is -2.59. The van der Waals surface area contributed by atoms with Crippen LogP contribution in [0.5, 0.6) is 0 Å². The molecule has 0 aromatic heterocycles. The molecule has 0 radical (unpaired) electrons. The van der Waals surface area contributed by atoms with Gasteiger partial charge in [-0.3, -0.25) is 14.4 Å². The number of carboxylic acids is 2. The largest absolute Gasteiger partial charge is 0.481 e. The van der Waals surface area contributed by atoms with Crippen molar-refractivity contribution in [1.82, 2.24) is 10.6 Å². The van der Waals surface area contributed by atoms with Crippen LogP contribution in [0.1, 0.15) is 32.1 Å². The summed E-state index contributed by atoms with van der Waals surface area (Å²) in [6.07, 6.45) is 0.522. The topological polar surface area (TPSA) is 159 Å². The van der Waals surface area contributed by atoms with E-state index in [-0.39, 0.29) is 19.4 Å². The molecular formula is C19H27N3O6S. The smallest absolute Gasteiger partial charge is 0.326 e. The molecule has 2 amide bonds. The molecule has 1 rings (SSSR count). The first-order valence-corrected chi connectivity index (χ1v) is 10.2. The van der Waals surface area contributed by atoms with Gasteiger partial charge in [-0.2, -0.15) is 0 Å². The Labute approximate surface area is 173 Å². The lowest BCUT2D eigenvalue weighted by Gasteiger charge is -2.20. The molecule has 0 bridgehead atoms. The first-order chi connectivity index (χ1) is 13.8. The van der Waals surface area contributed by atoms with Gasteiger partial charge < -0.3 is 26.6 Å². The minimum absolute atomic E-state index is 0.113. The molecule has 0 fully saturated rings. The summed E-state index contributed by atoms with van der Waals surface area (Å²) in [6.45, 7) is 0.260. The summed E-state index contributed by atoms with van der Waals surface area (Å²) in [6, 6.07) is 7.13. The number of amides is 2. The van der Waals surface area contributed by atoms with Crippen molar-refractivity contribution in [3.8, 4) is 0 Å². The van der Waals surface area contributed by atoms with Crippen LogP contribution in [0.25, 0.3) is 0 Å². The fourth-order valence-corrected chi connectivity index (χ4v) is 3.32. The monoisotopic (exact) mass is 425 g/mol. The van der Waals surface area contributed by atoms with Crippen molar-refractivity contribution < 1.29 is 29.4 Å². The molecule has 0 spiro atoms. The minimum Gasteiger partial charge on any atom is -0.481 e. The Balaban J connectivity index is 2.53. The minimum atomic E-state index is -1.35. The van der Waals surface area contributed by atoms with Crippen molar-refractivity contribution in [3.63, 3.8) is 0 Å². The van der Waals surface area contributed by atoms with Crippen LogP contribution in [-0.2, 0) is 19.2 Å². The van der Waals surface area contributed by atoms with E-state index in [1.807, 2.05) is 30.3 Å². The van der Waals surface area contributed by atoms with Crippen LogP contribution in [0.4, 0.5) is 0 Å². The molecule has 0 heterocycles. The maximum Gasteiger partial charge on any atom is 0.326 e. The van der Waals surface area contributed by atoms with Gasteiger partial charge in [0.05, 0.1) is 6.42 Å². The summed E-state index contributed by atoms with van der Waals surface area (Å²) in [4.78, 5) is 47.8. The first kappa shape index (κ1) is 24.4. The number of nitrogens with two attached hydrogens (primary N) is 1. The highest BCUT2D eigenvalue weighted by Crippen LogP contribution is 2.18. The van der Waals surface area contributed by atoms with E-state index in [9.17, 15) is 24.3 Å². The SMILES string of the molecule is NCCC[C@@H](NC(=O)[C@@H](CC(=O)O)NC(=O)CCCSc1ccccc1)C(=O)O. The second kappa shape index (κ2) is 13.6. The van der Waals surface area contributed by atoms with Crippen molar-refractivity contribution >= 4 is 35.5 Å². The predicted molar refractivity (Wildman–Crippen MR) is 108 cm³/mol. The van der Waals surface area contributed by atoms with Gasteiger partial charge in [-0.1, -0.05) is 18.2 Å². The molecule has 0 saturated carbocycles. The molecule has 6 N–H and O–H groups in total. The summed E-state index contributed by atoms with van der Waals surface area (Å²) in [5, 5.41) is 22.8. The fraction of sp³-hybridized carbons (Fsp3) is 0.474. The molecule has 2 atom stereocenters. The third-order valence-electron chi connectivity index (χ3n) is 3.90. The average molecular weight is 426 g/mol. The molecular weight excluding hydrogens is 398 g/mol. The van der Waals surface area contributed by atoms with E-state index in [1.165, 1.54) is 0 Å². The number of hydrogen-bond donors (Lipinski definition) is 5. The Kier molecular flexibility index (Phi) is 11.4. The van der Waals surface area contributed by atoms with Crippen molar-refractivity contribution in [2.45, 2.75) is 49.1 Å². The lowest BCUT2D eigenvalue weighted by molar-refractivity contribution is -0.143. The summed E-state index contributed by atoms with van der Waals surface area (Å²) in [7, 11) is 0. The van der Waals surface area contributed by atoms with Gasteiger partial charge in [0, 0.05) is 11.3 Å². The van der Waals surface area contributed by atoms with Gasteiger partial charge in [0.2, 0.25) is 11.8 Å². The Bertz CT molecular complexity index is 686.